The van der Waals surface area contributed by atoms with Gasteiger partial charge in [0.2, 0.25) is 0 Å². The van der Waals surface area contributed by atoms with Gasteiger partial charge in [0.1, 0.15) is 0 Å². The van der Waals surface area contributed by atoms with Crippen LogP contribution in [0.3, 0.4) is 0 Å². The van der Waals surface area contributed by atoms with Crippen molar-refractivity contribution in [3.05, 3.63) is 54.8 Å². The summed E-state index contributed by atoms with van der Waals surface area (Å²) in [5, 5.41) is 5.20. The van der Waals surface area contributed by atoms with E-state index in [4.69, 9.17) is 0 Å². The minimum absolute atomic E-state index is 0.0861. The number of hydrogen-bond donors (Lipinski definition) is 1. The van der Waals surface area contributed by atoms with Gasteiger partial charge in [0.05, 0.1) is 14.5 Å². The number of benzene rings is 1. The molecule has 6 heteroatoms. The van der Waals surface area contributed by atoms with Gasteiger partial charge in [-0.2, -0.15) is 13.2 Å². The third kappa shape index (κ3) is 3.35. The van der Waals surface area contributed by atoms with E-state index >= 15 is 0 Å². The fourth-order valence-corrected chi connectivity index (χ4v) is 3.55. The first-order valence-corrected chi connectivity index (χ1v) is 7.87. The molecule has 108 valence electrons. The smallest absolute Gasteiger partial charge is 0.309 e. The van der Waals surface area contributed by atoms with E-state index in [1.807, 2.05) is 18.5 Å². The molecule has 0 bridgehead atoms. The van der Waals surface area contributed by atoms with Gasteiger partial charge in [-0.15, -0.1) is 11.3 Å². The molecule has 1 unspecified atom stereocenters. The van der Waals surface area contributed by atoms with Crippen LogP contribution >= 0.6 is 33.9 Å². The van der Waals surface area contributed by atoms with E-state index in [-0.39, 0.29) is 6.04 Å². The minimum Gasteiger partial charge on any atom is -0.309 e. The molecule has 0 aliphatic heterocycles. The highest BCUT2D eigenvalue weighted by Gasteiger charge is 2.31. The Morgan fingerprint density at radius 1 is 1.25 bits per heavy atom. The number of halogens is 4. The van der Waals surface area contributed by atoms with Crippen LogP contribution in [0.15, 0.2) is 29.6 Å². The highest BCUT2D eigenvalue weighted by Crippen LogP contribution is 2.34. The van der Waals surface area contributed by atoms with Gasteiger partial charge in [0.15, 0.2) is 0 Å². The van der Waals surface area contributed by atoms with Crippen LogP contribution in [0.1, 0.15) is 28.3 Å². The van der Waals surface area contributed by atoms with Gasteiger partial charge < -0.3 is 5.32 Å². The van der Waals surface area contributed by atoms with Crippen LogP contribution < -0.4 is 5.32 Å². The van der Waals surface area contributed by atoms with Crippen LogP contribution in [-0.4, -0.2) is 7.05 Å². The van der Waals surface area contributed by atoms with Gasteiger partial charge in [-0.25, -0.2) is 0 Å². The summed E-state index contributed by atoms with van der Waals surface area (Å²) in [6.07, 6.45) is -4.30. The summed E-state index contributed by atoms with van der Waals surface area (Å²) in [6, 6.07) is 5.87. The fraction of sp³-hybridized carbons (Fsp3) is 0.286. The van der Waals surface area contributed by atoms with E-state index in [0.29, 0.717) is 5.56 Å². The molecular formula is C14H13F3INS. The summed E-state index contributed by atoms with van der Waals surface area (Å²) >= 11 is 3.86. The molecule has 1 aromatic carbocycles. The Morgan fingerprint density at radius 3 is 2.40 bits per heavy atom. The Labute approximate surface area is 133 Å². The van der Waals surface area contributed by atoms with Crippen LogP contribution in [0.2, 0.25) is 0 Å². The maximum Gasteiger partial charge on any atom is 0.416 e. The topological polar surface area (TPSA) is 12.0 Å². The van der Waals surface area contributed by atoms with Crippen molar-refractivity contribution in [2.45, 2.75) is 19.1 Å². The number of nitrogens with one attached hydrogen (secondary N) is 1. The Balaban J connectivity index is 2.41. The fourth-order valence-electron chi connectivity index (χ4n) is 2.15. The lowest BCUT2D eigenvalue weighted by atomic mass is 9.95. The Bertz CT molecular complexity index is 607. The summed E-state index contributed by atoms with van der Waals surface area (Å²) in [4.78, 5) is 0. The first kappa shape index (κ1) is 15.8. The van der Waals surface area contributed by atoms with E-state index in [9.17, 15) is 13.2 Å². The van der Waals surface area contributed by atoms with Crippen molar-refractivity contribution < 1.29 is 13.2 Å². The molecule has 0 aliphatic rings. The molecule has 20 heavy (non-hydrogen) atoms. The molecule has 2 aromatic rings. The molecule has 2 rings (SSSR count). The van der Waals surface area contributed by atoms with Crippen molar-refractivity contribution in [3.63, 3.8) is 0 Å². The number of hydrogen-bond acceptors (Lipinski definition) is 2. The second-order valence-electron chi connectivity index (χ2n) is 4.47. The average Bonchev–Trinajstić information content (AvgIpc) is 2.77. The van der Waals surface area contributed by atoms with Crippen LogP contribution in [-0.2, 0) is 6.18 Å². The molecule has 1 nitrogen and oxygen atoms in total. The van der Waals surface area contributed by atoms with Crippen LogP contribution in [0.4, 0.5) is 13.2 Å². The van der Waals surface area contributed by atoms with Crippen LogP contribution in [0.5, 0.6) is 0 Å². The Kier molecular flexibility index (Phi) is 4.76. The highest BCUT2D eigenvalue weighted by molar-refractivity contribution is 14.1. The predicted octanol–water partition coefficient (Wildman–Crippen LogP) is 4.99. The molecule has 1 N–H and O–H groups in total. The van der Waals surface area contributed by atoms with Crippen molar-refractivity contribution in [3.8, 4) is 0 Å². The van der Waals surface area contributed by atoms with Crippen molar-refractivity contribution in [1.29, 1.82) is 0 Å². The first-order valence-electron chi connectivity index (χ1n) is 5.92. The van der Waals surface area contributed by atoms with Crippen LogP contribution in [0.25, 0.3) is 0 Å². The first-order chi connectivity index (χ1) is 9.32. The number of rotatable bonds is 3. The van der Waals surface area contributed by atoms with Gasteiger partial charge in [-0.3, -0.25) is 0 Å². The monoisotopic (exact) mass is 411 g/mol. The number of thiophene rings is 1. The third-order valence-corrected chi connectivity index (χ3v) is 4.93. The van der Waals surface area contributed by atoms with Crippen molar-refractivity contribution in [2.24, 2.45) is 0 Å². The Hall–Kier alpha value is -0.600. The minimum atomic E-state index is -4.30. The van der Waals surface area contributed by atoms with E-state index in [2.05, 4.69) is 27.9 Å². The lowest BCUT2D eigenvalue weighted by Gasteiger charge is -2.19. The van der Waals surface area contributed by atoms with E-state index < -0.39 is 11.7 Å². The molecule has 0 radical (unpaired) electrons. The number of aryl methyl sites for hydroxylation is 1. The van der Waals surface area contributed by atoms with Gasteiger partial charge in [0.25, 0.3) is 0 Å². The van der Waals surface area contributed by atoms with E-state index in [1.54, 1.807) is 24.3 Å². The lowest BCUT2D eigenvalue weighted by Crippen LogP contribution is -2.18. The van der Waals surface area contributed by atoms with E-state index in [0.717, 1.165) is 20.1 Å². The maximum absolute atomic E-state index is 12.7. The molecule has 0 spiro atoms. The van der Waals surface area contributed by atoms with Crippen molar-refractivity contribution in [1.82, 2.24) is 5.32 Å². The quantitative estimate of drug-likeness (QED) is 0.702. The SMILES string of the molecule is CNC(c1csc(I)c1)c1ccc(C(F)(F)F)cc1C. The summed E-state index contributed by atoms with van der Waals surface area (Å²) in [5.74, 6) is 0. The van der Waals surface area contributed by atoms with Crippen molar-refractivity contribution >= 4 is 33.9 Å². The zero-order valence-electron chi connectivity index (χ0n) is 10.9. The summed E-state index contributed by atoms with van der Waals surface area (Å²) in [5.41, 5.74) is 1.98. The zero-order chi connectivity index (χ0) is 14.9. The van der Waals surface area contributed by atoms with Gasteiger partial charge in [0, 0.05) is 0 Å². The van der Waals surface area contributed by atoms with Gasteiger partial charge >= 0.3 is 6.18 Å². The zero-order valence-corrected chi connectivity index (χ0v) is 13.9. The molecule has 0 saturated heterocycles. The summed E-state index contributed by atoms with van der Waals surface area (Å²) < 4.78 is 39.2. The van der Waals surface area contributed by atoms with E-state index in [1.165, 1.54) is 6.07 Å². The molecule has 0 saturated carbocycles. The maximum atomic E-state index is 12.7. The molecule has 1 atom stereocenters. The molecule has 0 fully saturated rings. The molecule has 1 aromatic heterocycles. The molecule has 1 heterocycles. The number of alkyl halides is 3. The molecular weight excluding hydrogens is 398 g/mol. The highest BCUT2D eigenvalue weighted by atomic mass is 127. The van der Waals surface area contributed by atoms with Crippen LogP contribution in [0, 0.1) is 9.81 Å². The van der Waals surface area contributed by atoms with Gasteiger partial charge in [-0.1, -0.05) is 6.07 Å². The Morgan fingerprint density at radius 2 is 1.95 bits per heavy atom. The lowest BCUT2D eigenvalue weighted by molar-refractivity contribution is -0.137. The summed E-state index contributed by atoms with van der Waals surface area (Å²) in [7, 11) is 1.81. The van der Waals surface area contributed by atoms with Crippen molar-refractivity contribution in [2.75, 3.05) is 7.05 Å². The predicted molar refractivity (Wildman–Crippen MR) is 84.1 cm³/mol. The standard InChI is InChI=1S/C14H13F3INS/c1-8-5-10(14(15,16)17)3-4-11(8)13(19-2)9-6-12(18)20-7-9/h3-7,13,19H,1-2H3. The third-order valence-electron chi connectivity index (χ3n) is 3.12. The normalized spacial score (nSPS) is 13.5. The van der Waals surface area contributed by atoms with Gasteiger partial charge in [-0.05, 0) is 76.8 Å². The second kappa shape index (κ2) is 6.03. The molecule has 0 aliphatic carbocycles. The second-order valence-corrected chi connectivity index (χ2v) is 7.28. The largest absolute Gasteiger partial charge is 0.416 e. The molecule has 0 amide bonds. The average molecular weight is 411 g/mol. The summed E-state index contributed by atoms with van der Waals surface area (Å²) in [6.45, 7) is 1.71.